The minimum atomic E-state index is -1.35. The number of hydrogen-bond acceptors (Lipinski definition) is 3. The molecule has 3 heteroatoms. The third-order valence-electron chi connectivity index (χ3n) is 2.30. The zero-order chi connectivity index (χ0) is 10.8. The Morgan fingerprint density at radius 1 is 1.00 bits per heavy atom. The van der Waals surface area contributed by atoms with Gasteiger partial charge in [-0.25, -0.2) is 0 Å². The Morgan fingerprint density at radius 3 is 2.14 bits per heavy atom. The Morgan fingerprint density at radius 2 is 1.57 bits per heavy atom. The lowest BCUT2D eigenvalue weighted by Gasteiger charge is -2.14. The first-order valence-electron chi connectivity index (χ1n) is 5.66. The fraction of sp³-hybridized carbons (Fsp3) is 1.00. The number of unbranched alkanes of at least 4 members (excludes halogenated alkanes) is 5. The molecule has 14 heavy (non-hydrogen) atoms. The van der Waals surface area contributed by atoms with Crippen LogP contribution in [0.25, 0.3) is 0 Å². The Labute approximate surface area is 87.1 Å². The van der Waals surface area contributed by atoms with E-state index in [2.05, 4.69) is 6.92 Å². The second-order valence-corrected chi connectivity index (χ2v) is 3.76. The smallest absolute Gasteiger partial charge is 0.178 e. The van der Waals surface area contributed by atoms with Crippen LogP contribution in [0.4, 0.5) is 0 Å². The Hall–Kier alpha value is -0.120. The Kier molecular flexibility index (Phi) is 9.35. The molecule has 0 saturated carbocycles. The maximum atomic E-state index is 8.72. The van der Waals surface area contributed by atoms with Crippen molar-refractivity contribution in [2.45, 2.75) is 64.8 Å². The van der Waals surface area contributed by atoms with Gasteiger partial charge in [-0.3, -0.25) is 0 Å². The van der Waals surface area contributed by atoms with Crippen LogP contribution in [-0.4, -0.2) is 29.2 Å². The van der Waals surface area contributed by atoms with Crippen LogP contribution >= 0.6 is 0 Å². The molecule has 86 valence electrons. The Balaban J connectivity index is 3.06. The van der Waals surface area contributed by atoms with E-state index in [4.69, 9.17) is 14.9 Å². The van der Waals surface area contributed by atoms with Crippen LogP contribution < -0.4 is 0 Å². The number of rotatable bonds is 9. The molecule has 0 aliphatic rings. The van der Waals surface area contributed by atoms with Crippen LogP contribution in [0.3, 0.4) is 0 Å². The molecule has 0 heterocycles. The van der Waals surface area contributed by atoms with Gasteiger partial charge in [0.2, 0.25) is 0 Å². The van der Waals surface area contributed by atoms with Gasteiger partial charge in [0.15, 0.2) is 6.29 Å². The van der Waals surface area contributed by atoms with E-state index in [0.29, 0.717) is 6.61 Å². The van der Waals surface area contributed by atoms with E-state index < -0.39 is 12.4 Å². The summed E-state index contributed by atoms with van der Waals surface area (Å²) < 4.78 is 5.21. The van der Waals surface area contributed by atoms with E-state index in [-0.39, 0.29) is 0 Å². The number of ether oxygens (including phenoxy) is 1. The SMILES string of the molecule is CCCCCCCCOC(C)C(O)O. The number of aliphatic hydroxyl groups excluding tert-OH is 1. The van der Waals surface area contributed by atoms with E-state index in [1.165, 1.54) is 32.1 Å². The molecule has 0 aromatic rings. The third kappa shape index (κ3) is 8.48. The average molecular weight is 204 g/mol. The lowest BCUT2D eigenvalue weighted by atomic mass is 10.1. The normalized spacial score (nSPS) is 13.5. The van der Waals surface area contributed by atoms with Crippen molar-refractivity contribution >= 4 is 0 Å². The molecule has 0 saturated heterocycles. The molecular formula is C11H24O3. The van der Waals surface area contributed by atoms with Crippen molar-refractivity contribution in [2.75, 3.05) is 6.61 Å². The predicted molar refractivity (Wildman–Crippen MR) is 57.0 cm³/mol. The molecule has 2 N–H and O–H groups in total. The highest BCUT2D eigenvalue weighted by atomic mass is 16.5. The van der Waals surface area contributed by atoms with Gasteiger partial charge < -0.3 is 14.9 Å². The number of aliphatic hydroxyl groups is 2. The molecule has 0 amide bonds. The van der Waals surface area contributed by atoms with E-state index in [1.54, 1.807) is 6.92 Å². The van der Waals surface area contributed by atoms with Crippen LogP contribution in [0.1, 0.15) is 52.4 Å². The molecule has 0 radical (unpaired) electrons. The maximum absolute atomic E-state index is 8.72. The predicted octanol–water partition coefficient (Wildman–Crippen LogP) is 2.06. The van der Waals surface area contributed by atoms with Gasteiger partial charge >= 0.3 is 0 Å². The second-order valence-electron chi connectivity index (χ2n) is 3.76. The lowest BCUT2D eigenvalue weighted by Crippen LogP contribution is -2.25. The van der Waals surface area contributed by atoms with Crippen molar-refractivity contribution in [1.29, 1.82) is 0 Å². The first-order valence-corrected chi connectivity index (χ1v) is 5.66. The molecule has 1 unspecified atom stereocenters. The van der Waals surface area contributed by atoms with Gasteiger partial charge in [0, 0.05) is 6.61 Å². The van der Waals surface area contributed by atoms with Crippen LogP contribution in [0.5, 0.6) is 0 Å². The quantitative estimate of drug-likeness (QED) is 0.446. The summed E-state index contributed by atoms with van der Waals surface area (Å²) in [5, 5.41) is 17.4. The molecule has 0 aliphatic carbocycles. The summed E-state index contributed by atoms with van der Waals surface area (Å²) in [7, 11) is 0. The molecule has 0 fully saturated rings. The first-order chi connectivity index (χ1) is 6.68. The van der Waals surface area contributed by atoms with E-state index in [9.17, 15) is 0 Å². The molecule has 0 spiro atoms. The highest BCUT2D eigenvalue weighted by Crippen LogP contribution is 2.06. The van der Waals surface area contributed by atoms with E-state index in [0.717, 1.165) is 6.42 Å². The maximum Gasteiger partial charge on any atom is 0.178 e. The zero-order valence-electron chi connectivity index (χ0n) is 9.41. The zero-order valence-corrected chi connectivity index (χ0v) is 9.41. The van der Waals surface area contributed by atoms with Gasteiger partial charge in [0.1, 0.15) is 6.10 Å². The molecule has 0 aromatic carbocycles. The molecule has 0 rings (SSSR count). The van der Waals surface area contributed by atoms with Crippen LogP contribution in [0.2, 0.25) is 0 Å². The molecular weight excluding hydrogens is 180 g/mol. The molecule has 3 nitrogen and oxygen atoms in total. The number of hydrogen-bond donors (Lipinski definition) is 2. The van der Waals surface area contributed by atoms with Gasteiger partial charge in [-0.05, 0) is 13.3 Å². The van der Waals surface area contributed by atoms with Crippen LogP contribution in [0.15, 0.2) is 0 Å². The van der Waals surface area contributed by atoms with Crippen molar-refractivity contribution in [3.05, 3.63) is 0 Å². The summed E-state index contributed by atoms with van der Waals surface area (Å²) in [6.07, 6.45) is 5.51. The Bertz CT molecular complexity index is 115. The molecule has 0 aromatic heterocycles. The molecule has 1 atom stereocenters. The van der Waals surface area contributed by atoms with Crippen molar-refractivity contribution in [3.63, 3.8) is 0 Å². The van der Waals surface area contributed by atoms with Gasteiger partial charge in [0.05, 0.1) is 0 Å². The van der Waals surface area contributed by atoms with Crippen molar-refractivity contribution in [2.24, 2.45) is 0 Å². The molecule has 0 aliphatic heterocycles. The summed E-state index contributed by atoms with van der Waals surface area (Å²) in [5.74, 6) is 0. The standard InChI is InChI=1S/C11H24O3/c1-3-4-5-6-7-8-9-14-10(2)11(12)13/h10-13H,3-9H2,1-2H3. The van der Waals surface area contributed by atoms with Gasteiger partial charge in [-0.2, -0.15) is 0 Å². The fourth-order valence-corrected chi connectivity index (χ4v) is 1.24. The van der Waals surface area contributed by atoms with Crippen LogP contribution in [0, 0.1) is 0 Å². The summed E-state index contributed by atoms with van der Waals surface area (Å²) in [5.41, 5.74) is 0. The largest absolute Gasteiger partial charge is 0.373 e. The van der Waals surface area contributed by atoms with Crippen molar-refractivity contribution < 1.29 is 14.9 Å². The van der Waals surface area contributed by atoms with Gasteiger partial charge in [-0.15, -0.1) is 0 Å². The summed E-state index contributed by atoms with van der Waals surface area (Å²) in [4.78, 5) is 0. The monoisotopic (exact) mass is 204 g/mol. The summed E-state index contributed by atoms with van der Waals surface area (Å²) >= 11 is 0. The highest BCUT2D eigenvalue weighted by molar-refractivity contribution is 4.50. The van der Waals surface area contributed by atoms with Crippen molar-refractivity contribution in [1.82, 2.24) is 0 Å². The second kappa shape index (κ2) is 9.44. The lowest BCUT2D eigenvalue weighted by molar-refractivity contribution is -0.138. The van der Waals surface area contributed by atoms with E-state index in [1.807, 2.05) is 0 Å². The summed E-state index contributed by atoms with van der Waals surface area (Å²) in [6.45, 7) is 4.50. The average Bonchev–Trinajstić information content (AvgIpc) is 2.16. The summed E-state index contributed by atoms with van der Waals surface area (Å²) in [6, 6.07) is 0. The fourth-order valence-electron chi connectivity index (χ4n) is 1.24. The highest BCUT2D eigenvalue weighted by Gasteiger charge is 2.09. The third-order valence-corrected chi connectivity index (χ3v) is 2.30. The van der Waals surface area contributed by atoms with Gasteiger partial charge in [-0.1, -0.05) is 39.0 Å². The minimum absolute atomic E-state index is 0.467. The van der Waals surface area contributed by atoms with Crippen LogP contribution in [-0.2, 0) is 4.74 Å². The van der Waals surface area contributed by atoms with Gasteiger partial charge in [0.25, 0.3) is 0 Å². The first kappa shape index (κ1) is 13.9. The van der Waals surface area contributed by atoms with Crippen molar-refractivity contribution in [3.8, 4) is 0 Å². The minimum Gasteiger partial charge on any atom is -0.373 e. The van der Waals surface area contributed by atoms with E-state index >= 15 is 0 Å². The topological polar surface area (TPSA) is 49.7 Å². The molecule has 0 bridgehead atoms.